The van der Waals surface area contributed by atoms with Gasteiger partial charge in [0.25, 0.3) is 5.91 Å². The van der Waals surface area contributed by atoms with Gasteiger partial charge in [0.1, 0.15) is 5.75 Å². The first-order valence-corrected chi connectivity index (χ1v) is 8.45. The molecule has 0 fully saturated rings. The van der Waals surface area contributed by atoms with Gasteiger partial charge in [-0.1, -0.05) is 42.5 Å². The fraction of sp³-hybridized carbons (Fsp3) is 0. The zero-order chi connectivity index (χ0) is 18.6. The lowest BCUT2D eigenvalue weighted by Crippen LogP contribution is -2.12. The van der Waals surface area contributed by atoms with Gasteiger partial charge in [-0.05, 0) is 42.0 Å². The molecular formula is C22H16N2O3. The van der Waals surface area contributed by atoms with Crippen LogP contribution >= 0.6 is 0 Å². The normalized spacial score (nSPS) is 12.4. The number of amides is 2. The molecule has 2 N–H and O–H groups in total. The number of hydrogen-bond acceptors (Lipinski definition) is 3. The van der Waals surface area contributed by atoms with Gasteiger partial charge in [-0.3, -0.25) is 9.59 Å². The standard InChI is InChI=1S/C22H16N2O3/c25-21(13-10-15-6-2-1-3-7-15)23-16-11-12-19-17(14-16)22(26)24-18-8-4-5-9-20(18)27-19/h1-14H,(H,23,25)(H,24,26)/b13-10+. The van der Waals surface area contributed by atoms with E-state index in [2.05, 4.69) is 10.6 Å². The lowest BCUT2D eigenvalue weighted by Gasteiger charge is -2.09. The van der Waals surface area contributed by atoms with Crippen molar-refractivity contribution in [3.05, 3.63) is 90.0 Å². The fourth-order valence-electron chi connectivity index (χ4n) is 2.76. The second kappa shape index (κ2) is 7.17. The highest BCUT2D eigenvalue weighted by Gasteiger charge is 2.21. The highest BCUT2D eigenvalue weighted by Crippen LogP contribution is 2.36. The summed E-state index contributed by atoms with van der Waals surface area (Å²) in [5.74, 6) is 0.449. The molecule has 0 aromatic heterocycles. The SMILES string of the molecule is O=C(/C=C/c1ccccc1)Nc1ccc2c(c1)C(=O)Nc1ccccc1O2. The van der Waals surface area contributed by atoms with E-state index in [1.165, 1.54) is 6.08 Å². The average molecular weight is 356 g/mol. The summed E-state index contributed by atoms with van der Waals surface area (Å²) in [4.78, 5) is 24.7. The van der Waals surface area contributed by atoms with E-state index in [-0.39, 0.29) is 11.8 Å². The van der Waals surface area contributed by atoms with Crippen LogP contribution < -0.4 is 15.4 Å². The quantitative estimate of drug-likeness (QED) is 0.669. The first-order chi connectivity index (χ1) is 13.2. The molecule has 0 aliphatic carbocycles. The van der Waals surface area contributed by atoms with Crippen molar-refractivity contribution >= 4 is 29.3 Å². The Morgan fingerprint density at radius 2 is 1.70 bits per heavy atom. The summed E-state index contributed by atoms with van der Waals surface area (Å²) in [5, 5.41) is 5.58. The minimum absolute atomic E-state index is 0.281. The van der Waals surface area contributed by atoms with Crippen molar-refractivity contribution in [2.24, 2.45) is 0 Å². The van der Waals surface area contributed by atoms with Crippen LogP contribution in [0.15, 0.2) is 78.9 Å². The van der Waals surface area contributed by atoms with E-state index in [1.807, 2.05) is 42.5 Å². The molecule has 0 saturated heterocycles. The minimum atomic E-state index is -0.286. The monoisotopic (exact) mass is 356 g/mol. The maximum absolute atomic E-state index is 12.5. The van der Waals surface area contributed by atoms with Crippen LogP contribution in [-0.4, -0.2) is 11.8 Å². The van der Waals surface area contributed by atoms with Crippen molar-refractivity contribution in [2.75, 3.05) is 10.6 Å². The van der Waals surface area contributed by atoms with E-state index in [0.29, 0.717) is 28.4 Å². The number of anilines is 2. The number of carbonyl (C=O) groups excluding carboxylic acids is 2. The second-order valence-corrected chi connectivity index (χ2v) is 6.00. The first-order valence-electron chi connectivity index (χ1n) is 8.45. The molecule has 4 rings (SSSR count). The van der Waals surface area contributed by atoms with Gasteiger partial charge in [0.05, 0.1) is 11.3 Å². The molecule has 1 heterocycles. The Bertz CT molecular complexity index is 1040. The number of fused-ring (bicyclic) bond motifs is 2. The van der Waals surface area contributed by atoms with Crippen LogP contribution in [-0.2, 0) is 4.79 Å². The summed E-state index contributed by atoms with van der Waals surface area (Å²) in [7, 11) is 0. The highest BCUT2D eigenvalue weighted by molar-refractivity contribution is 6.09. The predicted molar refractivity (Wildman–Crippen MR) is 105 cm³/mol. The number of nitrogens with one attached hydrogen (secondary N) is 2. The Balaban J connectivity index is 1.53. The minimum Gasteiger partial charge on any atom is -0.454 e. The van der Waals surface area contributed by atoms with Crippen LogP contribution in [0, 0.1) is 0 Å². The van der Waals surface area contributed by atoms with Crippen LogP contribution in [0.5, 0.6) is 11.5 Å². The Morgan fingerprint density at radius 1 is 0.926 bits per heavy atom. The van der Waals surface area contributed by atoms with Crippen molar-refractivity contribution in [3.63, 3.8) is 0 Å². The van der Waals surface area contributed by atoms with Gasteiger partial charge in [-0.25, -0.2) is 0 Å². The van der Waals surface area contributed by atoms with Crippen molar-refractivity contribution in [3.8, 4) is 11.5 Å². The van der Waals surface area contributed by atoms with E-state index >= 15 is 0 Å². The second-order valence-electron chi connectivity index (χ2n) is 6.00. The number of ether oxygens (including phenoxy) is 1. The van der Waals surface area contributed by atoms with Crippen LogP contribution in [0.3, 0.4) is 0 Å². The average Bonchev–Trinajstić information content (AvgIpc) is 2.83. The molecule has 0 unspecified atom stereocenters. The molecule has 3 aromatic rings. The van der Waals surface area contributed by atoms with Gasteiger partial charge < -0.3 is 15.4 Å². The van der Waals surface area contributed by atoms with Crippen molar-refractivity contribution in [2.45, 2.75) is 0 Å². The smallest absolute Gasteiger partial charge is 0.259 e. The van der Waals surface area contributed by atoms with E-state index in [1.54, 1.807) is 36.4 Å². The summed E-state index contributed by atoms with van der Waals surface area (Å²) in [6.07, 6.45) is 3.18. The molecule has 1 aliphatic rings. The van der Waals surface area contributed by atoms with Gasteiger partial charge in [-0.15, -0.1) is 0 Å². The third-order valence-electron chi connectivity index (χ3n) is 4.07. The number of para-hydroxylation sites is 2. The van der Waals surface area contributed by atoms with E-state index < -0.39 is 0 Å². The van der Waals surface area contributed by atoms with Crippen molar-refractivity contribution in [1.29, 1.82) is 0 Å². The molecule has 27 heavy (non-hydrogen) atoms. The Hall–Kier alpha value is -3.86. The van der Waals surface area contributed by atoms with Crippen molar-refractivity contribution in [1.82, 2.24) is 0 Å². The Labute approximate surface area is 156 Å². The van der Waals surface area contributed by atoms with Crippen LogP contribution in [0.1, 0.15) is 15.9 Å². The fourth-order valence-corrected chi connectivity index (χ4v) is 2.76. The van der Waals surface area contributed by atoms with Crippen LogP contribution in [0.25, 0.3) is 6.08 Å². The molecule has 5 heteroatoms. The lowest BCUT2D eigenvalue weighted by molar-refractivity contribution is -0.111. The zero-order valence-electron chi connectivity index (χ0n) is 14.3. The zero-order valence-corrected chi connectivity index (χ0v) is 14.3. The summed E-state index contributed by atoms with van der Waals surface area (Å²) in [5.41, 5.74) is 2.41. The molecule has 0 atom stereocenters. The first kappa shape index (κ1) is 16.6. The lowest BCUT2D eigenvalue weighted by atomic mass is 10.1. The number of rotatable bonds is 3. The molecule has 2 amide bonds. The summed E-state index contributed by atoms with van der Waals surface area (Å²) >= 11 is 0. The molecule has 132 valence electrons. The Morgan fingerprint density at radius 3 is 2.56 bits per heavy atom. The largest absolute Gasteiger partial charge is 0.454 e. The maximum Gasteiger partial charge on any atom is 0.259 e. The molecule has 0 bridgehead atoms. The number of carbonyl (C=O) groups is 2. The molecule has 0 spiro atoms. The van der Waals surface area contributed by atoms with E-state index in [0.717, 1.165) is 5.56 Å². The number of hydrogen-bond donors (Lipinski definition) is 2. The van der Waals surface area contributed by atoms with Gasteiger partial charge in [0, 0.05) is 11.8 Å². The predicted octanol–water partition coefficient (Wildman–Crippen LogP) is 4.70. The van der Waals surface area contributed by atoms with Gasteiger partial charge in [0.15, 0.2) is 5.75 Å². The van der Waals surface area contributed by atoms with Crippen molar-refractivity contribution < 1.29 is 14.3 Å². The topological polar surface area (TPSA) is 67.4 Å². The number of benzene rings is 3. The summed E-state index contributed by atoms with van der Waals surface area (Å²) in [6, 6.07) is 21.7. The molecule has 1 aliphatic heterocycles. The molecule has 0 saturated carbocycles. The van der Waals surface area contributed by atoms with E-state index in [9.17, 15) is 9.59 Å². The van der Waals surface area contributed by atoms with Crippen LogP contribution in [0.2, 0.25) is 0 Å². The summed E-state index contributed by atoms with van der Waals surface area (Å²) in [6.45, 7) is 0. The highest BCUT2D eigenvalue weighted by atomic mass is 16.5. The molecule has 3 aromatic carbocycles. The third kappa shape index (κ3) is 3.72. The van der Waals surface area contributed by atoms with E-state index in [4.69, 9.17) is 4.74 Å². The van der Waals surface area contributed by atoms with Crippen LogP contribution in [0.4, 0.5) is 11.4 Å². The van der Waals surface area contributed by atoms with Gasteiger partial charge >= 0.3 is 0 Å². The summed E-state index contributed by atoms with van der Waals surface area (Å²) < 4.78 is 5.83. The molecule has 5 nitrogen and oxygen atoms in total. The third-order valence-corrected chi connectivity index (χ3v) is 4.07. The Kier molecular flexibility index (Phi) is 4.41. The van der Waals surface area contributed by atoms with Gasteiger partial charge in [-0.2, -0.15) is 0 Å². The maximum atomic E-state index is 12.5. The van der Waals surface area contributed by atoms with Gasteiger partial charge in [0.2, 0.25) is 5.91 Å². The molecular weight excluding hydrogens is 340 g/mol. The molecule has 0 radical (unpaired) electrons.